The van der Waals surface area contributed by atoms with E-state index in [1.807, 2.05) is 30.5 Å². The fraction of sp³-hybridized carbons (Fsp3) is 0.500. The number of sulfonamides is 1. The van der Waals surface area contributed by atoms with Gasteiger partial charge < -0.3 is 4.90 Å². The lowest BCUT2D eigenvalue weighted by Crippen LogP contribution is -2.49. The number of aromatic nitrogens is 1. The van der Waals surface area contributed by atoms with E-state index in [1.54, 1.807) is 11.4 Å². The Morgan fingerprint density at radius 2 is 1.96 bits per heavy atom. The van der Waals surface area contributed by atoms with Gasteiger partial charge in [-0.25, -0.2) is 8.42 Å². The highest BCUT2D eigenvalue weighted by atomic mass is 32.2. The number of nitrogens with zero attached hydrogens (tertiary/aromatic N) is 3. The summed E-state index contributed by atoms with van der Waals surface area (Å²) in [6, 6.07) is 10.2. The number of fused-ring (bicyclic) bond motifs is 1. The van der Waals surface area contributed by atoms with Gasteiger partial charge in [0.1, 0.15) is 0 Å². The molecule has 5 nitrogen and oxygen atoms in total. The Balaban J connectivity index is 1.60. The Hall–Kier alpha value is -1.66. The average molecular weight is 345 g/mol. The summed E-state index contributed by atoms with van der Waals surface area (Å²) < 4.78 is 26.7. The Labute approximate surface area is 143 Å². The van der Waals surface area contributed by atoms with E-state index in [9.17, 15) is 8.42 Å². The first kappa shape index (κ1) is 15.8. The highest BCUT2D eigenvalue weighted by molar-refractivity contribution is 7.90. The molecule has 0 N–H and O–H groups in total. The second kappa shape index (κ2) is 6.01. The number of hydrogen-bond acceptors (Lipinski definition) is 4. The molecule has 1 saturated carbocycles. The van der Waals surface area contributed by atoms with Crippen LogP contribution in [-0.4, -0.2) is 49.1 Å². The quantitative estimate of drug-likeness (QED) is 0.855. The van der Waals surface area contributed by atoms with Crippen LogP contribution in [-0.2, 0) is 10.0 Å². The summed E-state index contributed by atoms with van der Waals surface area (Å²) in [5.41, 5.74) is 2.14. The van der Waals surface area contributed by atoms with E-state index in [2.05, 4.69) is 16.0 Å². The van der Waals surface area contributed by atoms with Crippen molar-refractivity contribution in [2.24, 2.45) is 0 Å². The zero-order chi connectivity index (χ0) is 16.7. The van der Waals surface area contributed by atoms with Crippen molar-refractivity contribution >= 4 is 26.6 Å². The molecule has 0 radical (unpaired) electrons. The molecule has 1 aliphatic heterocycles. The van der Waals surface area contributed by atoms with E-state index < -0.39 is 10.0 Å². The highest BCUT2D eigenvalue weighted by Gasteiger charge is 2.41. The summed E-state index contributed by atoms with van der Waals surface area (Å²) >= 11 is 0. The van der Waals surface area contributed by atoms with Crippen LogP contribution in [0, 0.1) is 0 Å². The van der Waals surface area contributed by atoms with Gasteiger partial charge in [0.2, 0.25) is 10.0 Å². The molecule has 0 amide bonds. The van der Waals surface area contributed by atoms with Crippen molar-refractivity contribution in [3.05, 3.63) is 36.5 Å². The first-order chi connectivity index (χ1) is 11.6. The Morgan fingerprint density at radius 3 is 2.75 bits per heavy atom. The van der Waals surface area contributed by atoms with Gasteiger partial charge in [0.15, 0.2) is 0 Å². The van der Waals surface area contributed by atoms with Gasteiger partial charge in [-0.3, -0.25) is 4.98 Å². The Bertz CT molecular complexity index is 843. The molecule has 1 atom stereocenters. The van der Waals surface area contributed by atoms with Gasteiger partial charge in [0.25, 0.3) is 0 Å². The summed E-state index contributed by atoms with van der Waals surface area (Å²) in [5.74, 6) is 0. The van der Waals surface area contributed by atoms with Crippen LogP contribution >= 0.6 is 0 Å². The highest BCUT2D eigenvalue weighted by Crippen LogP contribution is 2.34. The first-order valence-corrected chi connectivity index (χ1v) is 10.1. The number of piperidine rings is 1. The number of benzene rings is 1. The van der Waals surface area contributed by atoms with Crippen LogP contribution in [0.25, 0.3) is 10.9 Å². The van der Waals surface area contributed by atoms with E-state index in [-0.39, 0.29) is 11.3 Å². The molecule has 128 valence electrons. The maximum atomic E-state index is 12.5. The molecule has 2 aliphatic rings. The monoisotopic (exact) mass is 345 g/mol. The third-order valence-electron chi connectivity index (χ3n) is 5.22. The molecular weight excluding hydrogens is 322 g/mol. The van der Waals surface area contributed by atoms with Crippen LogP contribution < -0.4 is 4.90 Å². The van der Waals surface area contributed by atoms with E-state index in [0.717, 1.165) is 55.4 Å². The van der Waals surface area contributed by atoms with Crippen molar-refractivity contribution in [2.45, 2.75) is 37.0 Å². The Morgan fingerprint density at radius 1 is 1.17 bits per heavy atom. The summed E-state index contributed by atoms with van der Waals surface area (Å²) in [6.07, 6.45) is 5.41. The molecule has 1 saturated heterocycles. The van der Waals surface area contributed by atoms with Gasteiger partial charge >= 0.3 is 0 Å². The summed E-state index contributed by atoms with van der Waals surface area (Å²) in [6.45, 7) is 1.71. The molecule has 1 unspecified atom stereocenters. The molecule has 1 aromatic heterocycles. The summed E-state index contributed by atoms with van der Waals surface area (Å²) in [4.78, 5) is 6.75. The standard InChI is InChI=1S/C18H23N3O2S/c1-20(24(22,23)15-8-9-15)14-5-4-12-21(13-14)18-10-11-19-17-7-3-2-6-16(17)18/h2-3,6-7,10-11,14-15H,4-5,8-9,12-13H2,1H3. The Kier molecular flexibility index (Phi) is 3.96. The smallest absolute Gasteiger partial charge is 0.217 e. The van der Waals surface area contributed by atoms with Gasteiger partial charge in [-0.2, -0.15) is 4.31 Å². The first-order valence-electron chi connectivity index (χ1n) is 8.63. The van der Waals surface area contributed by atoms with E-state index in [4.69, 9.17) is 0 Å². The van der Waals surface area contributed by atoms with Gasteiger partial charge in [0, 0.05) is 43.4 Å². The molecule has 24 heavy (non-hydrogen) atoms. The van der Waals surface area contributed by atoms with Crippen LogP contribution in [0.15, 0.2) is 36.5 Å². The second-order valence-electron chi connectivity index (χ2n) is 6.85. The number of likely N-dealkylation sites (N-methyl/N-ethyl adjacent to an activating group) is 1. The third-order valence-corrected chi connectivity index (χ3v) is 7.64. The zero-order valence-corrected chi connectivity index (χ0v) is 14.7. The van der Waals surface area contributed by atoms with Crippen LogP contribution in [0.4, 0.5) is 5.69 Å². The van der Waals surface area contributed by atoms with Crippen LogP contribution in [0.3, 0.4) is 0 Å². The summed E-state index contributed by atoms with van der Waals surface area (Å²) in [5, 5.41) is 0.994. The number of anilines is 1. The maximum Gasteiger partial charge on any atom is 0.217 e. The second-order valence-corrected chi connectivity index (χ2v) is 9.12. The third kappa shape index (κ3) is 2.78. The minimum Gasteiger partial charge on any atom is -0.369 e. The minimum absolute atomic E-state index is 0.0521. The predicted octanol–water partition coefficient (Wildman–Crippen LogP) is 2.63. The van der Waals surface area contributed by atoms with Crippen LogP contribution in [0.5, 0.6) is 0 Å². The van der Waals surface area contributed by atoms with Crippen molar-refractivity contribution in [2.75, 3.05) is 25.0 Å². The fourth-order valence-corrected chi connectivity index (χ4v) is 5.43. The average Bonchev–Trinajstić information content (AvgIpc) is 3.46. The van der Waals surface area contributed by atoms with E-state index in [1.165, 1.54) is 0 Å². The fourth-order valence-electron chi connectivity index (χ4n) is 3.64. The molecule has 2 aromatic rings. The van der Waals surface area contributed by atoms with Gasteiger partial charge in [-0.1, -0.05) is 18.2 Å². The number of pyridine rings is 1. The zero-order valence-electron chi connectivity index (χ0n) is 13.9. The van der Waals surface area contributed by atoms with E-state index >= 15 is 0 Å². The van der Waals surface area contributed by atoms with Crippen molar-refractivity contribution in [1.82, 2.24) is 9.29 Å². The summed E-state index contributed by atoms with van der Waals surface area (Å²) in [7, 11) is -1.36. The molecule has 6 heteroatoms. The molecule has 0 spiro atoms. The van der Waals surface area contributed by atoms with Gasteiger partial charge in [-0.15, -0.1) is 0 Å². The number of para-hydroxylation sites is 1. The lowest BCUT2D eigenvalue weighted by atomic mass is 10.0. The number of hydrogen-bond donors (Lipinski definition) is 0. The van der Waals surface area contributed by atoms with Gasteiger partial charge in [-0.05, 0) is 37.8 Å². The van der Waals surface area contributed by atoms with Crippen molar-refractivity contribution < 1.29 is 8.42 Å². The van der Waals surface area contributed by atoms with E-state index in [0.29, 0.717) is 0 Å². The maximum absolute atomic E-state index is 12.5. The van der Waals surface area contributed by atoms with Crippen molar-refractivity contribution in [3.63, 3.8) is 0 Å². The predicted molar refractivity (Wildman–Crippen MR) is 96.7 cm³/mol. The van der Waals surface area contributed by atoms with Gasteiger partial charge in [0.05, 0.1) is 10.8 Å². The molecule has 4 rings (SSSR count). The van der Waals surface area contributed by atoms with Crippen molar-refractivity contribution in [3.8, 4) is 0 Å². The number of rotatable bonds is 4. The molecule has 1 aliphatic carbocycles. The van der Waals surface area contributed by atoms with Crippen LogP contribution in [0.1, 0.15) is 25.7 Å². The lowest BCUT2D eigenvalue weighted by Gasteiger charge is -2.38. The largest absolute Gasteiger partial charge is 0.369 e. The van der Waals surface area contributed by atoms with Crippen LogP contribution in [0.2, 0.25) is 0 Å². The molecule has 1 aromatic carbocycles. The minimum atomic E-state index is -3.12. The molecular formula is C18H23N3O2S. The molecule has 0 bridgehead atoms. The molecule has 2 heterocycles. The normalized spacial score (nSPS) is 22.2. The lowest BCUT2D eigenvalue weighted by molar-refractivity contribution is 0.320. The topological polar surface area (TPSA) is 53.5 Å². The molecule has 2 fully saturated rings. The van der Waals surface area contributed by atoms with Crippen molar-refractivity contribution in [1.29, 1.82) is 0 Å². The SMILES string of the molecule is CN(C1CCCN(c2ccnc3ccccc23)C1)S(=O)(=O)C1CC1.